The van der Waals surface area contributed by atoms with E-state index in [-0.39, 0.29) is 5.78 Å². The summed E-state index contributed by atoms with van der Waals surface area (Å²) in [7, 11) is 0. The van der Waals surface area contributed by atoms with Gasteiger partial charge in [-0.15, -0.1) is 0 Å². The monoisotopic (exact) mass is 199 g/mol. The molecule has 1 aliphatic heterocycles. The number of ketones is 1. The van der Waals surface area contributed by atoms with E-state index in [9.17, 15) is 4.79 Å². The number of nitrogens with one attached hydrogen (secondary N) is 1. The standard InChI is InChI=1S/C13H13NO/c15-12-7-6-10-4-1-2-5-11(10)13(12)8-3-9-14-13/h1-2,4-7,14H,3,8-9H2. The highest BCUT2D eigenvalue weighted by Crippen LogP contribution is 2.37. The molecule has 1 heterocycles. The molecule has 2 heteroatoms. The fraction of sp³-hybridized carbons (Fsp3) is 0.308. The maximum atomic E-state index is 12.0. The molecular weight excluding hydrogens is 186 g/mol. The molecule has 0 radical (unpaired) electrons. The quantitative estimate of drug-likeness (QED) is 0.691. The fourth-order valence-electron chi connectivity index (χ4n) is 2.66. The fourth-order valence-corrected chi connectivity index (χ4v) is 2.66. The van der Waals surface area contributed by atoms with Gasteiger partial charge in [0.2, 0.25) is 0 Å². The first kappa shape index (κ1) is 8.86. The summed E-state index contributed by atoms with van der Waals surface area (Å²) in [5.74, 6) is 0.207. The van der Waals surface area contributed by atoms with Crippen molar-refractivity contribution in [1.82, 2.24) is 5.32 Å². The first-order valence-corrected chi connectivity index (χ1v) is 5.40. The minimum absolute atomic E-state index is 0.207. The molecule has 0 bridgehead atoms. The molecule has 0 amide bonds. The Morgan fingerprint density at radius 2 is 2.07 bits per heavy atom. The summed E-state index contributed by atoms with van der Waals surface area (Å²) < 4.78 is 0. The van der Waals surface area contributed by atoms with E-state index in [0.29, 0.717) is 0 Å². The largest absolute Gasteiger partial charge is 0.301 e. The summed E-state index contributed by atoms with van der Waals surface area (Å²) >= 11 is 0. The van der Waals surface area contributed by atoms with E-state index in [1.54, 1.807) is 6.08 Å². The van der Waals surface area contributed by atoms with Gasteiger partial charge in [0, 0.05) is 0 Å². The predicted molar refractivity (Wildman–Crippen MR) is 59.4 cm³/mol. The van der Waals surface area contributed by atoms with Gasteiger partial charge < -0.3 is 5.32 Å². The van der Waals surface area contributed by atoms with Crippen LogP contribution in [0.15, 0.2) is 30.3 Å². The van der Waals surface area contributed by atoms with Gasteiger partial charge in [0.1, 0.15) is 5.54 Å². The smallest absolute Gasteiger partial charge is 0.180 e. The molecule has 1 aromatic carbocycles. The summed E-state index contributed by atoms with van der Waals surface area (Å²) in [6, 6.07) is 8.16. The minimum atomic E-state index is -0.411. The number of rotatable bonds is 0. The molecule has 3 rings (SSSR count). The molecule has 1 unspecified atom stereocenters. The van der Waals surface area contributed by atoms with Gasteiger partial charge in [0.05, 0.1) is 0 Å². The van der Waals surface area contributed by atoms with Crippen LogP contribution in [0, 0.1) is 0 Å². The van der Waals surface area contributed by atoms with Gasteiger partial charge >= 0.3 is 0 Å². The molecule has 2 nitrogen and oxygen atoms in total. The third kappa shape index (κ3) is 1.11. The van der Waals surface area contributed by atoms with Crippen LogP contribution in [0.4, 0.5) is 0 Å². The third-order valence-corrected chi connectivity index (χ3v) is 3.41. The Morgan fingerprint density at radius 3 is 2.87 bits per heavy atom. The molecule has 15 heavy (non-hydrogen) atoms. The first-order chi connectivity index (χ1) is 7.33. The Labute approximate surface area is 89.0 Å². The van der Waals surface area contributed by atoms with Crippen molar-refractivity contribution >= 4 is 11.9 Å². The van der Waals surface area contributed by atoms with Crippen LogP contribution in [-0.4, -0.2) is 12.3 Å². The number of hydrogen-bond donors (Lipinski definition) is 1. The molecule has 2 aliphatic rings. The van der Waals surface area contributed by atoms with Crippen LogP contribution in [0.3, 0.4) is 0 Å². The van der Waals surface area contributed by atoms with Crippen molar-refractivity contribution in [3.05, 3.63) is 41.5 Å². The van der Waals surface area contributed by atoms with Gasteiger partial charge in [-0.1, -0.05) is 30.3 Å². The third-order valence-electron chi connectivity index (χ3n) is 3.41. The van der Waals surface area contributed by atoms with Crippen LogP contribution in [-0.2, 0) is 10.3 Å². The Bertz CT molecular complexity index is 442. The lowest BCUT2D eigenvalue weighted by Gasteiger charge is -2.31. The van der Waals surface area contributed by atoms with Gasteiger partial charge in [-0.05, 0) is 36.6 Å². The van der Waals surface area contributed by atoms with Crippen LogP contribution >= 0.6 is 0 Å². The Morgan fingerprint density at radius 1 is 1.20 bits per heavy atom. The van der Waals surface area contributed by atoms with Crippen LogP contribution in [0.1, 0.15) is 24.0 Å². The normalized spacial score (nSPS) is 28.4. The number of benzene rings is 1. The van der Waals surface area contributed by atoms with Crippen LogP contribution < -0.4 is 5.32 Å². The first-order valence-electron chi connectivity index (χ1n) is 5.40. The Balaban J connectivity index is 2.22. The molecule has 1 saturated heterocycles. The Hall–Kier alpha value is -1.41. The topological polar surface area (TPSA) is 29.1 Å². The highest BCUT2D eigenvalue weighted by molar-refractivity contribution is 6.04. The van der Waals surface area contributed by atoms with E-state index in [4.69, 9.17) is 0 Å². The van der Waals surface area contributed by atoms with Crippen LogP contribution in [0.25, 0.3) is 6.08 Å². The van der Waals surface area contributed by atoms with Gasteiger partial charge in [-0.3, -0.25) is 4.79 Å². The SMILES string of the molecule is O=C1C=Cc2ccccc2C12CCCN2. The van der Waals surface area contributed by atoms with Gasteiger partial charge in [0.25, 0.3) is 0 Å². The number of carbonyl (C=O) groups excluding carboxylic acids is 1. The molecule has 76 valence electrons. The lowest BCUT2D eigenvalue weighted by atomic mass is 9.78. The van der Waals surface area contributed by atoms with Crippen molar-refractivity contribution in [3.63, 3.8) is 0 Å². The predicted octanol–water partition coefficient (Wildman–Crippen LogP) is 1.86. The highest BCUT2D eigenvalue weighted by atomic mass is 16.1. The summed E-state index contributed by atoms with van der Waals surface area (Å²) in [6.45, 7) is 0.938. The lowest BCUT2D eigenvalue weighted by molar-refractivity contribution is -0.120. The maximum absolute atomic E-state index is 12.0. The van der Waals surface area contributed by atoms with E-state index in [2.05, 4.69) is 17.4 Å². The van der Waals surface area contributed by atoms with Gasteiger partial charge in [0.15, 0.2) is 5.78 Å². The lowest BCUT2D eigenvalue weighted by Crippen LogP contribution is -2.45. The molecule has 1 N–H and O–H groups in total. The van der Waals surface area contributed by atoms with E-state index >= 15 is 0 Å². The average molecular weight is 199 g/mol. The van der Waals surface area contributed by atoms with Crippen molar-refractivity contribution < 1.29 is 4.79 Å². The van der Waals surface area contributed by atoms with Crippen molar-refractivity contribution in [3.8, 4) is 0 Å². The highest BCUT2D eigenvalue weighted by Gasteiger charge is 2.43. The van der Waals surface area contributed by atoms with Gasteiger partial charge in [-0.2, -0.15) is 0 Å². The zero-order chi connectivity index (χ0) is 10.3. The molecule has 0 saturated carbocycles. The van der Waals surface area contributed by atoms with Crippen LogP contribution in [0.5, 0.6) is 0 Å². The molecule has 1 aromatic rings. The van der Waals surface area contributed by atoms with Gasteiger partial charge in [-0.25, -0.2) is 0 Å². The molecule has 1 fully saturated rings. The molecule has 1 aliphatic carbocycles. The minimum Gasteiger partial charge on any atom is -0.301 e. The van der Waals surface area contributed by atoms with E-state index in [1.807, 2.05) is 18.2 Å². The van der Waals surface area contributed by atoms with E-state index < -0.39 is 5.54 Å². The van der Waals surface area contributed by atoms with Crippen LogP contribution in [0.2, 0.25) is 0 Å². The molecule has 0 aromatic heterocycles. The van der Waals surface area contributed by atoms with Crippen molar-refractivity contribution in [1.29, 1.82) is 0 Å². The maximum Gasteiger partial charge on any atom is 0.180 e. The summed E-state index contributed by atoms with van der Waals surface area (Å²) in [4.78, 5) is 12.0. The summed E-state index contributed by atoms with van der Waals surface area (Å²) in [6.07, 6.45) is 5.63. The number of hydrogen-bond acceptors (Lipinski definition) is 2. The van der Waals surface area contributed by atoms with Crippen molar-refractivity contribution in [2.75, 3.05) is 6.54 Å². The average Bonchev–Trinajstić information content (AvgIpc) is 2.75. The second-order valence-electron chi connectivity index (χ2n) is 4.22. The number of carbonyl (C=O) groups is 1. The van der Waals surface area contributed by atoms with E-state index in [0.717, 1.165) is 24.9 Å². The molecule has 1 atom stereocenters. The zero-order valence-corrected chi connectivity index (χ0v) is 8.49. The zero-order valence-electron chi connectivity index (χ0n) is 8.49. The van der Waals surface area contributed by atoms with E-state index in [1.165, 1.54) is 5.56 Å². The van der Waals surface area contributed by atoms with Crippen molar-refractivity contribution in [2.24, 2.45) is 0 Å². The molecular formula is C13H13NO. The summed E-state index contributed by atoms with van der Waals surface area (Å²) in [5.41, 5.74) is 1.91. The second kappa shape index (κ2) is 3.04. The second-order valence-corrected chi connectivity index (χ2v) is 4.22. The number of fused-ring (bicyclic) bond motifs is 2. The Kier molecular flexibility index (Phi) is 1.80. The molecule has 1 spiro atoms. The van der Waals surface area contributed by atoms with Crippen molar-refractivity contribution in [2.45, 2.75) is 18.4 Å². The summed E-state index contributed by atoms with van der Waals surface area (Å²) in [5, 5.41) is 3.38.